The van der Waals surface area contributed by atoms with E-state index in [0.29, 0.717) is 15.3 Å². The van der Waals surface area contributed by atoms with E-state index in [1.807, 2.05) is 19.6 Å². The Morgan fingerprint density at radius 1 is 1.26 bits per heavy atom. The van der Waals surface area contributed by atoms with Crippen LogP contribution < -0.4 is 15.7 Å². The van der Waals surface area contributed by atoms with Crippen LogP contribution in [0.1, 0.15) is 0 Å². The molecule has 19 heavy (non-hydrogen) atoms. The number of nitrogens with zero attached hydrogens (tertiary/aromatic N) is 1. The number of ether oxygens (including phenoxy) is 1. The molecule has 0 fully saturated rings. The highest BCUT2D eigenvalue weighted by molar-refractivity contribution is 7.22. The smallest absolute Gasteiger partial charge is 0.406 e. The summed E-state index contributed by atoms with van der Waals surface area (Å²) in [6, 6.07) is 2.77. The Morgan fingerprint density at radius 3 is 2.42 bits per heavy atom. The number of nitrogens with two attached hydrogens (primary N) is 1. The van der Waals surface area contributed by atoms with E-state index in [4.69, 9.17) is 5.73 Å². The summed E-state index contributed by atoms with van der Waals surface area (Å²) in [7, 11) is -1.85. The third-order valence-corrected chi connectivity index (χ3v) is 5.36. The number of halogens is 3. The van der Waals surface area contributed by atoms with Gasteiger partial charge in [-0.1, -0.05) is 31.0 Å². The molecule has 0 aliphatic heterocycles. The van der Waals surface area contributed by atoms with Gasteiger partial charge in [-0.2, -0.15) is 0 Å². The lowest BCUT2D eigenvalue weighted by molar-refractivity contribution is -0.274. The van der Waals surface area contributed by atoms with Gasteiger partial charge in [0, 0.05) is 6.07 Å². The van der Waals surface area contributed by atoms with Crippen LogP contribution in [-0.4, -0.2) is 19.4 Å². The Morgan fingerprint density at radius 2 is 1.89 bits per heavy atom. The van der Waals surface area contributed by atoms with Crippen LogP contribution in [0.3, 0.4) is 0 Å². The van der Waals surface area contributed by atoms with Gasteiger partial charge >= 0.3 is 6.36 Å². The molecule has 1 heterocycles. The minimum absolute atomic E-state index is 0.207. The molecule has 0 radical (unpaired) electrons. The fourth-order valence-corrected chi connectivity index (χ4v) is 4.14. The minimum atomic E-state index is -4.69. The van der Waals surface area contributed by atoms with Crippen LogP contribution in [0.25, 0.3) is 10.2 Å². The molecule has 3 nitrogen and oxygen atoms in total. The molecule has 0 aliphatic carbocycles. The lowest BCUT2D eigenvalue weighted by Crippen LogP contribution is -2.38. The number of rotatable bonds is 2. The first kappa shape index (κ1) is 14.1. The van der Waals surface area contributed by atoms with Crippen LogP contribution in [-0.2, 0) is 0 Å². The highest BCUT2D eigenvalue weighted by atomic mass is 32.1. The predicted octanol–water partition coefficient (Wildman–Crippen LogP) is 3.32. The van der Waals surface area contributed by atoms with E-state index >= 15 is 0 Å². The van der Waals surface area contributed by atoms with Crippen molar-refractivity contribution in [2.45, 2.75) is 26.0 Å². The van der Waals surface area contributed by atoms with Crippen molar-refractivity contribution < 1.29 is 17.9 Å². The molecule has 104 valence electrons. The van der Waals surface area contributed by atoms with Gasteiger partial charge in [-0.3, -0.25) is 0 Å². The van der Waals surface area contributed by atoms with Crippen LogP contribution in [0.4, 0.5) is 18.3 Å². The van der Waals surface area contributed by atoms with Crippen molar-refractivity contribution in [3.05, 3.63) is 12.1 Å². The highest BCUT2D eigenvalue weighted by Gasteiger charge is 2.32. The summed E-state index contributed by atoms with van der Waals surface area (Å²) in [5.41, 5.74) is 6.33. The first-order valence-electron chi connectivity index (χ1n) is 5.52. The fourth-order valence-electron chi connectivity index (χ4n) is 1.79. The van der Waals surface area contributed by atoms with Gasteiger partial charge in [0.2, 0.25) is 0 Å². The van der Waals surface area contributed by atoms with Gasteiger partial charge in [-0.05, 0) is 11.3 Å². The quantitative estimate of drug-likeness (QED) is 0.866. The molecule has 1 aromatic heterocycles. The predicted molar refractivity (Wildman–Crippen MR) is 73.7 cm³/mol. The number of nitrogen functional groups attached to an aromatic ring is 1. The van der Waals surface area contributed by atoms with E-state index in [-0.39, 0.29) is 5.75 Å². The van der Waals surface area contributed by atoms with Crippen molar-refractivity contribution >= 4 is 39.9 Å². The van der Waals surface area contributed by atoms with Gasteiger partial charge in [0.1, 0.15) is 5.75 Å². The van der Waals surface area contributed by atoms with E-state index in [1.165, 1.54) is 12.1 Å². The largest absolute Gasteiger partial charge is 0.573 e. The molecule has 0 amide bonds. The molecule has 2 N–H and O–H groups in total. The molecule has 2 rings (SSSR count). The topological polar surface area (TPSA) is 48.1 Å². The second-order valence-corrected chi connectivity index (χ2v) is 11.3. The van der Waals surface area contributed by atoms with Crippen molar-refractivity contribution in [1.29, 1.82) is 0 Å². The average Bonchev–Trinajstić information content (AvgIpc) is 2.52. The summed E-state index contributed by atoms with van der Waals surface area (Å²) in [5.74, 6) is -0.207. The number of thiazole rings is 1. The monoisotopic (exact) mass is 306 g/mol. The van der Waals surface area contributed by atoms with E-state index in [1.54, 1.807) is 0 Å². The van der Waals surface area contributed by atoms with E-state index in [0.717, 1.165) is 16.5 Å². The standard InChI is InChI=1S/C11H13F3N2OSSi/c1-19(2,3)8-5-6(17-11(12,13)14)4-7-9(8)16-10(15)18-7/h4-5H,1-3H3,(H2,15,16). The van der Waals surface area contributed by atoms with Crippen molar-refractivity contribution in [3.8, 4) is 5.75 Å². The minimum Gasteiger partial charge on any atom is -0.406 e. The number of hydrogen-bond donors (Lipinski definition) is 1. The Balaban J connectivity index is 2.63. The first-order chi connectivity index (χ1) is 8.56. The zero-order valence-corrected chi connectivity index (χ0v) is 12.4. The van der Waals surface area contributed by atoms with Gasteiger partial charge in [-0.15, -0.1) is 13.2 Å². The molecular formula is C11H13F3N2OSSi. The van der Waals surface area contributed by atoms with Gasteiger partial charge in [0.25, 0.3) is 0 Å². The second-order valence-electron chi connectivity index (χ2n) is 5.17. The van der Waals surface area contributed by atoms with Gasteiger partial charge in [-0.25, -0.2) is 4.98 Å². The Labute approximate surface area is 113 Å². The van der Waals surface area contributed by atoms with Crippen molar-refractivity contribution in [1.82, 2.24) is 4.98 Å². The Kier molecular flexibility index (Phi) is 3.26. The van der Waals surface area contributed by atoms with Crippen LogP contribution >= 0.6 is 11.3 Å². The maximum atomic E-state index is 12.3. The summed E-state index contributed by atoms with van der Waals surface area (Å²) in [6.45, 7) is 6.11. The molecule has 0 atom stereocenters. The fraction of sp³-hybridized carbons (Fsp3) is 0.364. The maximum Gasteiger partial charge on any atom is 0.573 e. The zero-order valence-electron chi connectivity index (χ0n) is 10.6. The van der Waals surface area contributed by atoms with Crippen LogP contribution in [0, 0.1) is 0 Å². The van der Waals surface area contributed by atoms with Crippen molar-refractivity contribution in [2.24, 2.45) is 0 Å². The number of fused-ring (bicyclic) bond motifs is 1. The Bertz CT molecular complexity index is 619. The summed E-state index contributed by atoms with van der Waals surface area (Å²) in [5, 5.41) is 1.16. The van der Waals surface area contributed by atoms with Crippen LogP contribution in [0.2, 0.25) is 19.6 Å². The van der Waals surface area contributed by atoms with Crippen molar-refractivity contribution in [2.75, 3.05) is 5.73 Å². The molecule has 0 saturated heterocycles. The number of aromatic nitrogens is 1. The number of anilines is 1. The molecule has 2 aromatic rings. The van der Waals surface area contributed by atoms with Crippen LogP contribution in [0.15, 0.2) is 12.1 Å². The molecular weight excluding hydrogens is 293 g/mol. The zero-order chi connectivity index (χ0) is 14.4. The SMILES string of the molecule is C[Si](C)(C)c1cc(OC(F)(F)F)cc2sc(N)nc12. The summed E-state index contributed by atoms with van der Waals surface area (Å²) >= 11 is 1.16. The lowest BCUT2D eigenvalue weighted by atomic mass is 10.3. The molecule has 8 heteroatoms. The summed E-state index contributed by atoms with van der Waals surface area (Å²) in [4.78, 5) is 4.21. The molecule has 1 aromatic carbocycles. The number of benzene rings is 1. The molecule has 0 unspecified atom stereocenters. The molecule has 0 aliphatic rings. The van der Waals surface area contributed by atoms with E-state index < -0.39 is 14.4 Å². The van der Waals surface area contributed by atoms with E-state index in [2.05, 4.69) is 9.72 Å². The summed E-state index contributed by atoms with van der Waals surface area (Å²) < 4.78 is 41.6. The first-order valence-corrected chi connectivity index (χ1v) is 9.84. The van der Waals surface area contributed by atoms with Gasteiger partial charge in [0.15, 0.2) is 5.13 Å². The molecule has 0 bridgehead atoms. The third-order valence-electron chi connectivity index (χ3n) is 2.53. The van der Waals surface area contributed by atoms with Crippen LogP contribution in [0.5, 0.6) is 5.75 Å². The van der Waals surface area contributed by atoms with E-state index in [9.17, 15) is 13.2 Å². The number of hydrogen-bond acceptors (Lipinski definition) is 4. The summed E-state index contributed by atoms with van der Waals surface area (Å²) in [6.07, 6.45) is -4.69. The van der Waals surface area contributed by atoms with Gasteiger partial charge in [0.05, 0.1) is 18.3 Å². The highest BCUT2D eigenvalue weighted by Crippen LogP contribution is 2.30. The van der Waals surface area contributed by atoms with Crippen molar-refractivity contribution in [3.63, 3.8) is 0 Å². The number of alkyl halides is 3. The lowest BCUT2D eigenvalue weighted by Gasteiger charge is -2.19. The maximum absolute atomic E-state index is 12.3. The Hall–Kier alpha value is -1.28. The molecule has 0 saturated carbocycles. The van der Waals surface area contributed by atoms with Gasteiger partial charge < -0.3 is 10.5 Å². The average molecular weight is 306 g/mol. The normalized spacial score (nSPS) is 12.9. The molecule has 0 spiro atoms. The second kappa shape index (κ2) is 4.38. The third kappa shape index (κ3) is 3.18.